The summed E-state index contributed by atoms with van der Waals surface area (Å²) in [6.45, 7) is 0.623. The van der Waals surface area contributed by atoms with E-state index in [1.807, 2.05) is 0 Å². The fourth-order valence-electron chi connectivity index (χ4n) is 3.52. The van der Waals surface area contributed by atoms with Gasteiger partial charge in [-0.15, -0.1) is 0 Å². The predicted octanol–water partition coefficient (Wildman–Crippen LogP) is 3.43. The number of benzene rings is 1. The lowest BCUT2D eigenvalue weighted by Gasteiger charge is -2.21. The van der Waals surface area contributed by atoms with Gasteiger partial charge in [-0.1, -0.05) is 25.3 Å². The third-order valence-corrected chi connectivity index (χ3v) is 5.46. The van der Waals surface area contributed by atoms with Gasteiger partial charge in [0, 0.05) is 5.69 Å². The molecule has 0 bridgehead atoms. The van der Waals surface area contributed by atoms with E-state index in [1.165, 1.54) is 32.1 Å². The summed E-state index contributed by atoms with van der Waals surface area (Å²) in [5, 5.41) is 3.10. The fraction of sp³-hybridized carbons (Fsp3) is 0.421. The van der Waals surface area contributed by atoms with Crippen molar-refractivity contribution in [3.8, 4) is 5.88 Å². The summed E-state index contributed by atoms with van der Waals surface area (Å²) in [7, 11) is -3.36. The molecule has 0 unspecified atom stereocenters. The first-order valence-electron chi connectivity index (χ1n) is 9.65. The molecule has 0 atom stereocenters. The molecule has 1 fully saturated rings. The highest BCUT2D eigenvalue weighted by molar-refractivity contribution is 7.92. The van der Waals surface area contributed by atoms with Gasteiger partial charge in [0.25, 0.3) is 0 Å². The molecule has 3 N–H and O–H groups in total. The summed E-state index contributed by atoms with van der Waals surface area (Å²) in [6, 6.07) is 6.88. The lowest BCUT2D eigenvalue weighted by Crippen LogP contribution is -2.16. The minimum absolute atomic E-state index is 0.333. The van der Waals surface area contributed by atoms with E-state index in [0.29, 0.717) is 46.9 Å². The Balaban J connectivity index is 1.54. The lowest BCUT2D eigenvalue weighted by atomic mass is 9.90. The predicted molar refractivity (Wildman–Crippen MR) is 112 cm³/mol. The van der Waals surface area contributed by atoms with Crippen molar-refractivity contribution in [1.29, 1.82) is 0 Å². The number of aromatic nitrogens is 4. The van der Waals surface area contributed by atoms with Gasteiger partial charge in [0.2, 0.25) is 21.9 Å². The summed E-state index contributed by atoms with van der Waals surface area (Å²) >= 11 is 0. The zero-order chi connectivity index (χ0) is 20.3. The van der Waals surface area contributed by atoms with Crippen molar-refractivity contribution in [2.45, 2.75) is 32.1 Å². The number of hydrogen-bond donors (Lipinski definition) is 3. The van der Waals surface area contributed by atoms with Crippen LogP contribution in [0.15, 0.2) is 30.6 Å². The van der Waals surface area contributed by atoms with Crippen molar-refractivity contribution in [3.63, 3.8) is 0 Å². The fourth-order valence-corrected chi connectivity index (χ4v) is 4.08. The van der Waals surface area contributed by atoms with Crippen LogP contribution in [0.4, 0.5) is 17.3 Å². The monoisotopic (exact) mass is 416 g/mol. The van der Waals surface area contributed by atoms with E-state index < -0.39 is 10.0 Å². The number of nitrogens with one attached hydrogen (secondary N) is 3. The Kier molecular flexibility index (Phi) is 5.52. The molecule has 29 heavy (non-hydrogen) atoms. The second kappa shape index (κ2) is 8.24. The number of sulfonamides is 1. The average Bonchev–Trinajstić information content (AvgIpc) is 3.14. The van der Waals surface area contributed by atoms with Crippen LogP contribution >= 0.6 is 0 Å². The number of ether oxygens (including phenoxy) is 1. The van der Waals surface area contributed by atoms with Crippen LogP contribution in [-0.2, 0) is 10.0 Å². The van der Waals surface area contributed by atoms with Crippen molar-refractivity contribution < 1.29 is 13.2 Å². The van der Waals surface area contributed by atoms with E-state index in [4.69, 9.17) is 4.74 Å². The van der Waals surface area contributed by atoms with Crippen LogP contribution in [0, 0.1) is 5.92 Å². The molecule has 0 spiro atoms. The molecular formula is C19H24N6O3S. The maximum Gasteiger partial charge on any atom is 0.245 e. The maximum absolute atomic E-state index is 11.4. The molecule has 0 aliphatic heterocycles. The summed E-state index contributed by atoms with van der Waals surface area (Å²) in [5.41, 5.74) is 2.27. The third-order valence-electron chi connectivity index (χ3n) is 4.85. The maximum atomic E-state index is 11.4. The number of rotatable bonds is 7. The molecule has 1 aromatic carbocycles. The van der Waals surface area contributed by atoms with Gasteiger partial charge in [0.1, 0.15) is 5.52 Å². The molecule has 2 aromatic heterocycles. The number of aromatic amines is 1. The van der Waals surface area contributed by atoms with Gasteiger partial charge in [0.05, 0.1) is 24.9 Å². The number of hydrogen-bond acceptors (Lipinski definition) is 7. The molecule has 0 amide bonds. The van der Waals surface area contributed by atoms with E-state index in [1.54, 1.807) is 30.6 Å². The zero-order valence-electron chi connectivity index (χ0n) is 16.2. The topological polar surface area (TPSA) is 122 Å². The Bertz CT molecular complexity index is 1090. The molecule has 1 saturated carbocycles. The van der Waals surface area contributed by atoms with E-state index in [2.05, 4.69) is 30.0 Å². The van der Waals surface area contributed by atoms with Gasteiger partial charge in [-0.3, -0.25) is 4.72 Å². The summed E-state index contributed by atoms with van der Waals surface area (Å²) < 4.78 is 31.4. The quantitative estimate of drug-likeness (QED) is 0.539. The molecule has 9 nitrogen and oxygen atoms in total. The Morgan fingerprint density at radius 1 is 1.17 bits per heavy atom. The van der Waals surface area contributed by atoms with Crippen LogP contribution in [0.2, 0.25) is 0 Å². The van der Waals surface area contributed by atoms with Gasteiger partial charge in [-0.05, 0) is 37.0 Å². The number of anilines is 3. The second-order valence-corrected chi connectivity index (χ2v) is 9.10. The SMILES string of the molecule is CS(=O)(=O)Nc1cccc(Nc2nc(OCC3CCCCC3)c3[nH]cnc3n2)c1. The van der Waals surface area contributed by atoms with Crippen LogP contribution in [0.5, 0.6) is 5.88 Å². The van der Waals surface area contributed by atoms with Crippen molar-refractivity contribution in [3.05, 3.63) is 30.6 Å². The molecule has 2 heterocycles. The highest BCUT2D eigenvalue weighted by Crippen LogP contribution is 2.27. The number of imidazole rings is 1. The number of H-pyrrole nitrogens is 1. The molecule has 154 valence electrons. The van der Waals surface area contributed by atoms with E-state index >= 15 is 0 Å². The number of fused-ring (bicyclic) bond motifs is 1. The van der Waals surface area contributed by atoms with Gasteiger partial charge in [0.15, 0.2) is 5.65 Å². The molecule has 10 heteroatoms. The molecule has 0 saturated heterocycles. The van der Waals surface area contributed by atoms with Gasteiger partial charge in [-0.2, -0.15) is 9.97 Å². The summed E-state index contributed by atoms with van der Waals surface area (Å²) in [6.07, 6.45) is 8.84. The highest BCUT2D eigenvalue weighted by atomic mass is 32.2. The van der Waals surface area contributed by atoms with Crippen LogP contribution in [0.25, 0.3) is 11.2 Å². The van der Waals surface area contributed by atoms with Crippen molar-refractivity contribution in [1.82, 2.24) is 19.9 Å². The first-order valence-corrected chi connectivity index (χ1v) is 11.5. The van der Waals surface area contributed by atoms with Gasteiger partial charge in [-0.25, -0.2) is 13.4 Å². The zero-order valence-corrected chi connectivity index (χ0v) is 17.0. The summed E-state index contributed by atoms with van der Waals surface area (Å²) in [4.78, 5) is 16.2. The van der Waals surface area contributed by atoms with Crippen molar-refractivity contribution in [2.24, 2.45) is 5.92 Å². The molecular weight excluding hydrogens is 392 g/mol. The highest BCUT2D eigenvalue weighted by Gasteiger charge is 2.17. The third kappa shape index (κ3) is 5.14. The van der Waals surface area contributed by atoms with Crippen LogP contribution in [-0.4, -0.2) is 41.2 Å². The van der Waals surface area contributed by atoms with Crippen molar-refractivity contribution >= 4 is 38.5 Å². The molecule has 3 aromatic rings. The molecule has 1 aliphatic rings. The lowest BCUT2D eigenvalue weighted by molar-refractivity contribution is 0.205. The average molecular weight is 417 g/mol. The Labute approximate surface area is 169 Å². The minimum atomic E-state index is -3.36. The van der Waals surface area contributed by atoms with Crippen LogP contribution in [0.3, 0.4) is 0 Å². The van der Waals surface area contributed by atoms with Gasteiger partial charge < -0.3 is 15.0 Å². The van der Waals surface area contributed by atoms with E-state index in [0.717, 1.165) is 6.26 Å². The van der Waals surface area contributed by atoms with Gasteiger partial charge >= 0.3 is 0 Å². The van der Waals surface area contributed by atoms with E-state index in [-0.39, 0.29) is 0 Å². The second-order valence-electron chi connectivity index (χ2n) is 7.35. The smallest absolute Gasteiger partial charge is 0.245 e. The summed E-state index contributed by atoms with van der Waals surface area (Å²) in [5.74, 6) is 1.34. The first kappa shape index (κ1) is 19.4. The number of nitrogens with zero attached hydrogens (tertiary/aromatic N) is 3. The normalized spacial score (nSPS) is 15.3. The molecule has 4 rings (SSSR count). The largest absolute Gasteiger partial charge is 0.476 e. The van der Waals surface area contributed by atoms with Crippen LogP contribution < -0.4 is 14.8 Å². The van der Waals surface area contributed by atoms with E-state index in [9.17, 15) is 8.42 Å². The molecule has 1 aliphatic carbocycles. The Hall–Kier alpha value is -2.88. The molecule has 0 radical (unpaired) electrons. The minimum Gasteiger partial charge on any atom is -0.476 e. The standard InChI is InChI=1S/C19H24N6O3S/c1-29(26,27)25-15-9-5-8-14(10-15)22-19-23-17-16(20-12-21-17)18(24-19)28-11-13-6-3-2-4-7-13/h5,8-10,12-13,25H,2-4,6-7,11H2,1H3,(H2,20,21,22,23,24). The first-order chi connectivity index (χ1) is 14.0. The Morgan fingerprint density at radius 3 is 2.76 bits per heavy atom. The van der Waals surface area contributed by atoms with Crippen LogP contribution in [0.1, 0.15) is 32.1 Å². The van der Waals surface area contributed by atoms with Crippen molar-refractivity contribution in [2.75, 3.05) is 22.9 Å². The Morgan fingerprint density at radius 2 is 1.97 bits per heavy atom.